The minimum Gasteiger partial charge on any atom is -0.491 e. The van der Waals surface area contributed by atoms with Crippen LogP contribution in [-0.2, 0) is 20.9 Å². The Morgan fingerprint density at radius 3 is 2.55 bits per heavy atom. The Labute approximate surface area is 177 Å². The smallest absolute Gasteiger partial charge is 0.306 e. The van der Waals surface area contributed by atoms with E-state index in [1.165, 1.54) is 12.7 Å². The van der Waals surface area contributed by atoms with Crippen molar-refractivity contribution >= 4 is 24.3 Å². The average molecular weight is 419 g/mol. The van der Waals surface area contributed by atoms with E-state index < -0.39 is 0 Å². The van der Waals surface area contributed by atoms with Gasteiger partial charge in [0.15, 0.2) is 0 Å². The van der Waals surface area contributed by atoms with Gasteiger partial charge in [0.2, 0.25) is 5.91 Å². The summed E-state index contributed by atoms with van der Waals surface area (Å²) in [5.74, 6) is -0.0913. The first-order valence-electron chi connectivity index (χ1n) is 9.40. The van der Waals surface area contributed by atoms with Gasteiger partial charge in [-0.1, -0.05) is 30.3 Å². The van der Waals surface area contributed by atoms with Crippen molar-refractivity contribution in [3.63, 3.8) is 0 Å². The van der Waals surface area contributed by atoms with Crippen LogP contribution in [0.3, 0.4) is 0 Å². The molecule has 1 heterocycles. The number of benzene rings is 2. The Bertz CT molecular complexity index is 854. The second kappa shape index (κ2) is 10.3. The highest BCUT2D eigenvalue weighted by molar-refractivity contribution is 5.86. The van der Waals surface area contributed by atoms with E-state index in [-0.39, 0.29) is 42.7 Å². The minimum atomic E-state index is -0.368. The van der Waals surface area contributed by atoms with Crippen LogP contribution >= 0.6 is 12.4 Å². The SMILES string of the molecule is COC(=O)C[C@@H]1C[C@@H](COc2ccc(-c3ccc(CN)cc3C)cc2)NC1=O.Cl. The minimum absolute atomic E-state index is 0. The molecule has 0 saturated carbocycles. The molecule has 2 aromatic rings. The summed E-state index contributed by atoms with van der Waals surface area (Å²) in [5, 5.41) is 2.88. The maximum atomic E-state index is 11.9. The Morgan fingerprint density at radius 1 is 1.21 bits per heavy atom. The van der Waals surface area contributed by atoms with Crippen LogP contribution in [0.1, 0.15) is 24.0 Å². The van der Waals surface area contributed by atoms with E-state index in [2.05, 4.69) is 29.1 Å². The van der Waals surface area contributed by atoms with Gasteiger partial charge >= 0.3 is 5.97 Å². The molecule has 0 unspecified atom stereocenters. The summed E-state index contributed by atoms with van der Waals surface area (Å²) in [6.07, 6.45) is 0.675. The quantitative estimate of drug-likeness (QED) is 0.674. The zero-order valence-corrected chi connectivity index (χ0v) is 17.5. The molecule has 7 heteroatoms. The maximum absolute atomic E-state index is 11.9. The lowest BCUT2D eigenvalue weighted by Gasteiger charge is -2.13. The number of hydrogen-bond donors (Lipinski definition) is 2. The van der Waals surface area contributed by atoms with E-state index in [0.717, 1.165) is 22.4 Å². The first kappa shape index (κ1) is 22.7. The van der Waals surface area contributed by atoms with Gasteiger partial charge in [0, 0.05) is 6.54 Å². The molecular formula is C22H27ClN2O4. The molecule has 0 radical (unpaired) electrons. The fraction of sp³-hybridized carbons (Fsp3) is 0.364. The number of rotatable bonds is 7. The van der Waals surface area contributed by atoms with Crippen LogP contribution in [0.2, 0.25) is 0 Å². The van der Waals surface area contributed by atoms with Gasteiger partial charge < -0.3 is 20.5 Å². The van der Waals surface area contributed by atoms with Crippen molar-refractivity contribution in [1.82, 2.24) is 5.32 Å². The Kier molecular flexibility index (Phi) is 8.05. The molecule has 3 rings (SSSR count). The molecule has 156 valence electrons. The second-order valence-corrected chi connectivity index (χ2v) is 7.11. The van der Waals surface area contributed by atoms with Crippen LogP contribution in [0.4, 0.5) is 0 Å². The van der Waals surface area contributed by atoms with E-state index >= 15 is 0 Å². The Morgan fingerprint density at radius 2 is 1.93 bits per heavy atom. The summed E-state index contributed by atoms with van der Waals surface area (Å²) in [6, 6.07) is 14.0. The lowest BCUT2D eigenvalue weighted by atomic mass is 9.98. The Hall–Kier alpha value is -2.57. The van der Waals surface area contributed by atoms with Crippen LogP contribution in [0.15, 0.2) is 42.5 Å². The molecule has 1 saturated heterocycles. The molecule has 1 amide bonds. The standard InChI is InChI=1S/C22H26N2O4.ClH/c1-14-9-15(12-23)3-8-20(14)16-4-6-19(7-5-16)28-13-18-10-17(22(26)24-18)11-21(25)27-2;/h3-9,17-18H,10-13,23H2,1-2H3,(H,24,26);1H/t17-,18-;/m0./s1. The lowest BCUT2D eigenvalue weighted by Crippen LogP contribution is -2.31. The van der Waals surface area contributed by atoms with Crippen LogP contribution in [-0.4, -0.2) is 31.6 Å². The summed E-state index contributed by atoms with van der Waals surface area (Å²) in [4.78, 5) is 23.3. The number of ether oxygens (including phenoxy) is 2. The summed E-state index contributed by atoms with van der Waals surface area (Å²) in [7, 11) is 1.33. The van der Waals surface area contributed by atoms with E-state index in [1.807, 2.05) is 30.3 Å². The number of nitrogens with one attached hydrogen (secondary N) is 1. The molecule has 0 spiro atoms. The highest BCUT2D eigenvalue weighted by atomic mass is 35.5. The summed E-state index contributed by atoms with van der Waals surface area (Å²) < 4.78 is 10.5. The topological polar surface area (TPSA) is 90.7 Å². The van der Waals surface area contributed by atoms with Crippen molar-refractivity contribution in [3.05, 3.63) is 53.6 Å². The zero-order valence-electron chi connectivity index (χ0n) is 16.6. The zero-order chi connectivity index (χ0) is 20.1. The monoisotopic (exact) mass is 418 g/mol. The van der Waals surface area contributed by atoms with Gasteiger partial charge in [-0.05, 0) is 47.7 Å². The fourth-order valence-electron chi connectivity index (χ4n) is 3.50. The number of nitrogens with two attached hydrogens (primary N) is 1. The van der Waals surface area contributed by atoms with Gasteiger partial charge in [-0.3, -0.25) is 9.59 Å². The van der Waals surface area contributed by atoms with Crippen molar-refractivity contribution < 1.29 is 19.1 Å². The molecular weight excluding hydrogens is 392 g/mol. The van der Waals surface area contributed by atoms with Crippen molar-refractivity contribution in [3.8, 4) is 16.9 Å². The average Bonchev–Trinajstić information content (AvgIpc) is 3.06. The number of aryl methyl sites for hydroxylation is 1. The first-order valence-corrected chi connectivity index (χ1v) is 9.40. The highest BCUT2D eigenvalue weighted by Crippen LogP contribution is 2.27. The first-order chi connectivity index (χ1) is 13.5. The van der Waals surface area contributed by atoms with Crippen molar-refractivity contribution in [2.24, 2.45) is 11.7 Å². The predicted octanol–water partition coefficient (Wildman–Crippen LogP) is 2.99. The van der Waals surface area contributed by atoms with Crippen molar-refractivity contribution in [2.75, 3.05) is 13.7 Å². The number of amides is 1. The number of halogens is 1. The largest absolute Gasteiger partial charge is 0.491 e. The highest BCUT2D eigenvalue weighted by Gasteiger charge is 2.34. The number of hydrogen-bond acceptors (Lipinski definition) is 5. The number of esters is 1. The number of methoxy groups -OCH3 is 1. The molecule has 0 aromatic heterocycles. The van der Waals surface area contributed by atoms with Crippen LogP contribution in [0, 0.1) is 12.8 Å². The molecule has 6 nitrogen and oxygen atoms in total. The third-order valence-electron chi connectivity index (χ3n) is 5.07. The normalized spacial score (nSPS) is 18.0. The number of carbonyl (C=O) groups is 2. The lowest BCUT2D eigenvalue weighted by molar-refractivity contribution is -0.143. The fourth-order valence-corrected chi connectivity index (χ4v) is 3.50. The third kappa shape index (κ3) is 5.71. The van der Waals surface area contributed by atoms with Gasteiger partial charge in [-0.2, -0.15) is 0 Å². The van der Waals surface area contributed by atoms with E-state index in [0.29, 0.717) is 19.6 Å². The van der Waals surface area contributed by atoms with Gasteiger partial charge in [-0.15, -0.1) is 12.4 Å². The van der Waals surface area contributed by atoms with E-state index in [1.54, 1.807) is 0 Å². The van der Waals surface area contributed by atoms with Gasteiger partial charge in [-0.25, -0.2) is 0 Å². The molecule has 2 aromatic carbocycles. The van der Waals surface area contributed by atoms with Crippen LogP contribution < -0.4 is 15.8 Å². The molecule has 3 N–H and O–H groups in total. The molecule has 1 fully saturated rings. The summed E-state index contributed by atoms with van der Waals surface area (Å²) >= 11 is 0. The second-order valence-electron chi connectivity index (χ2n) is 7.11. The van der Waals surface area contributed by atoms with Crippen LogP contribution in [0.5, 0.6) is 5.75 Å². The molecule has 1 aliphatic heterocycles. The van der Waals surface area contributed by atoms with Crippen molar-refractivity contribution in [1.29, 1.82) is 0 Å². The predicted molar refractivity (Wildman–Crippen MR) is 114 cm³/mol. The number of carbonyl (C=O) groups excluding carboxylic acids is 2. The van der Waals surface area contributed by atoms with Crippen molar-refractivity contribution in [2.45, 2.75) is 32.4 Å². The molecule has 1 aliphatic rings. The third-order valence-corrected chi connectivity index (χ3v) is 5.07. The molecule has 2 atom stereocenters. The van der Waals surface area contributed by atoms with E-state index in [4.69, 9.17) is 10.5 Å². The summed E-state index contributed by atoms with van der Waals surface area (Å²) in [6.45, 7) is 2.98. The molecule has 29 heavy (non-hydrogen) atoms. The molecule has 0 aliphatic carbocycles. The van der Waals surface area contributed by atoms with Crippen LogP contribution in [0.25, 0.3) is 11.1 Å². The maximum Gasteiger partial charge on any atom is 0.306 e. The summed E-state index contributed by atoms with van der Waals surface area (Å²) in [5.41, 5.74) is 10.3. The Balaban J connectivity index is 0.00000300. The van der Waals surface area contributed by atoms with Gasteiger partial charge in [0.1, 0.15) is 12.4 Å². The molecule has 0 bridgehead atoms. The van der Waals surface area contributed by atoms with E-state index in [9.17, 15) is 9.59 Å². The van der Waals surface area contributed by atoms with Gasteiger partial charge in [0.25, 0.3) is 0 Å². The van der Waals surface area contributed by atoms with Gasteiger partial charge in [0.05, 0.1) is 25.5 Å².